The fourth-order valence-electron chi connectivity index (χ4n) is 5.04. The molecular weight excluding hydrogens is 565 g/mol. The number of pyridine rings is 1. The van der Waals surface area contributed by atoms with Gasteiger partial charge in [-0.25, -0.2) is 4.98 Å². The number of nitrogens with zero attached hydrogens (tertiary/aromatic N) is 3. The molecule has 0 radical (unpaired) electrons. The average Bonchev–Trinajstić information content (AvgIpc) is 3.44. The third-order valence-electron chi connectivity index (χ3n) is 7.05. The van der Waals surface area contributed by atoms with Crippen molar-refractivity contribution in [2.24, 2.45) is 5.92 Å². The topological polar surface area (TPSA) is 64.4 Å². The first-order valence-electron chi connectivity index (χ1n) is 13.4. The number of halogens is 2. The van der Waals surface area contributed by atoms with E-state index in [1.807, 2.05) is 34.5 Å². The van der Waals surface area contributed by atoms with E-state index in [0.717, 1.165) is 30.5 Å². The van der Waals surface area contributed by atoms with Gasteiger partial charge in [0, 0.05) is 40.8 Å². The van der Waals surface area contributed by atoms with Crippen molar-refractivity contribution in [1.82, 2.24) is 14.5 Å². The van der Waals surface area contributed by atoms with Crippen LogP contribution in [0.15, 0.2) is 58.7 Å². The van der Waals surface area contributed by atoms with E-state index in [1.165, 1.54) is 11.3 Å². The Morgan fingerprint density at radius 2 is 1.77 bits per heavy atom. The molecule has 0 saturated carbocycles. The SMILES string of the molecule is COc1ccc(Cl)c(-n2c(CC(C)C)c(C(=O)N3CCCCC3)cc(-c3nc(-c4ccc(Cl)cc4)cs3)c2=O)c1. The Morgan fingerprint density at radius 1 is 1.05 bits per heavy atom. The first kappa shape index (κ1) is 28.4. The van der Waals surface area contributed by atoms with Gasteiger partial charge < -0.3 is 9.64 Å². The fraction of sp³-hybridized carbons (Fsp3) is 0.323. The summed E-state index contributed by atoms with van der Waals surface area (Å²) in [6.45, 7) is 5.55. The summed E-state index contributed by atoms with van der Waals surface area (Å²) in [5.41, 5.74) is 3.33. The minimum Gasteiger partial charge on any atom is -0.497 e. The Balaban J connectivity index is 1.76. The number of methoxy groups -OCH3 is 1. The summed E-state index contributed by atoms with van der Waals surface area (Å²) >= 11 is 14.2. The summed E-state index contributed by atoms with van der Waals surface area (Å²) < 4.78 is 7.07. The van der Waals surface area contributed by atoms with Crippen molar-refractivity contribution < 1.29 is 9.53 Å². The van der Waals surface area contributed by atoms with E-state index in [0.29, 0.717) is 62.8 Å². The molecule has 9 heteroatoms. The minimum absolute atomic E-state index is 0.0705. The number of aromatic nitrogens is 2. The van der Waals surface area contributed by atoms with Gasteiger partial charge in [-0.05, 0) is 61.9 Å². The Morgan fingerprint density at radius 3 is 2.45 bits per heavy atom. The molecule has 0 N–H and O–H groups in total. The summed E-state index contributed by atoms with van der Waals surface area (Å²) in [7, 11) is 1.57. The zero-order valence-electron chi connectivity index (χ0n) is 22.7. The van der Waals surface area contributed by atoms with Gasteiger partial charge in [-0.15, -0.1) is 11.3 Å². The number of thiazole rings is 1. The summed E-state index contributed by atoms with van der Waals surface area (Å²) in [5.74, 6) is 0.680. The van der Waals surface area contributed by atoms with E-state index in [1.54, 1.807) is 35.9 Å². The highest BCUT2D eigenvalue weighted by Crippen LogP contribution is 2.33. The lowest BCUT2D eigenvalue weighted by atomic mass is 9.98. The van der Waals surface area contributed by atoms with E-state index in [2.05, 4.69) is 13.8 Å². The molecule has 2 aromatic carbocycles. The molecule has 40 heavy (non-hydrogen) atoms. The molecule has 1 aliphatic heterocycles. The van der Waals surface area contributed by atoms with Crippen molar-refractivity contribution in [2.75, 3.05) is 20.2 Å². The predicted molar refractivity (Wildman–Crippen MR) is 163 cm³/mol. The number of hydrogen-bond acceptors (Lipinski definition) is 5. The molecule has 0 bridgehead atoms. The van der Waals surface area contributed by atoms with Crippen molar-refractivity contribution in [3.05, 3.63) is 85.6 Å². The summed E-state index contributed by atoms with van der Waals surface area (Å²) in [4.78, 5) is 35.1. The zero-order valence-corrected chi connectivity index (χ0v) is 25.1. The first-order chi connectivity index (χ1) is 19.3. The number of ether oxygens (including phenoxy) is 1. The molecule has 0 atom stereocenters. The molecule has 2 aromatic heterocycles. The van der Waals surface area contributed by atoms with E-state index in [4.69, 9.17) is 32.9 Å². The van der Waals surface area contributed by atoms with Crippen LogP contribution < -0.4 is 10.3 Å². The third kappa shape index (κ3) is 5.82. The van der Waals surface area contributed by atoms with Gasteiger partial charge in [-0.3, -0.25) is 14.2 Å². The Labute approximate surface area is 248 Å². The van der Waals surface area contributed by atoms with Gasteiger partial charge in [-0.1, -0.05) is 49.2 Å². The average molecular weight is 597 g/mol. The maximum Gasteiger partial charge on any atom is 0.265 e. The zero-order chi connectivity index (χ0) is 28.4. The summed E-state index contributed by atoms with van der Waals surface area (Å²) in [6, 6.07) is 14.4. The van der Waals surface area contributed by atoms with Crippen LogP contribution in [0.25, 0.3) is 27.5 Å². The van der Waals surface area contributed by atoms with Crippen LogP contribution in [0.2, 0.25) is 10.0 Å². The summed E-state index contributed by atoms with van der Waals surface area (Å²) in [6.07, 6.45) is 3.57. The van der Waals surface area contributed by atoms with Crippen LogP contribution in [-0.4, -0.2) is 40.6 Å². The quantitative estimate of drug-likeness (QED) is 0.219. The maximum absolute atomic E-state index is 14.4. The number of benzene rings is 2. The molecule has 208 valence electrons. The lowest BCUT2D eigenvalue weighted by Gasteiger charge is -2.29. The van der Waals surface area contributed by atoms with Crippen molar-refractivity contribution in [2.45, 2.75) is 39.5 Å². The Hall–Kier alpha value is -3.13. The smallest absolute Gasteiger partial charge is 0.265 e. The van der Waals surface area contributed by atoms with Crippen LogP contribution in [0.5, 0.6) is 5.75 Å². The van der Waals surface area contributed by atoms with Crippen LogP contribution in [0, 0.1) is 5.92 Å². The molecule has 1 aliphatic rings. The van der Waals surface area contributed by atoms with Gasteiger partial charge in [0.15, 0.2) is 0 Å². The van der Waals surface area contributed by atoms with Gasteiger partial charge in [0.05, 0.1) is 34.6 Å². The molecular formula is C31H31Cl2N3O3S. The minimum atomic E-state index is -0.280. The molecule has 1 amide bonds. The molecule has 4 aromatic rings. The highest BCUT2D eigenvalue weighted by molar-refractivity contribution is 7.13. The highest BCUT2D eigenvalue weighted by Gasteiger charge is 2.28. The van der Waals surface area contributed by atoms with Gasteiger partial charge in [-0.2, -0.15) is 0 Å². The second-order valence-electron chi connectivity index (χ2n) is 10.4. The van der Waals surface area contributed by atoms with Gasteiger partial charge in [0.1, 0.15) is 10.8 Å². The highest BCUT2D eigenvalue weighted by atomic mass is 35.5. The second kappa shape index (κ2) is 12.2. The predicted octanol–water partition coefficient (Wildman–Crippen LogP) is 7.77. The molecule has 1 fully saturated rings. The largest absolute Gasteiger partial charge is 0.497 e. The lowest BCUT2D eigenvalue weighted by Crippen LogP contribution is -2.38. The van der Waals surface area contributed by atoms with Crippen molar-refractivity contribution in [1.29, 1.82) is 0 Å². The standard InChI is InChI=1S/C31H31Cl2N3O3S/c1-19(2)15-27-23(30(37)35-13-5-4-6-14-35)17-24(29-34-26(18-40-29)20-7-9-21(32)10-8-20)31(38)36(27)28-16-22(39-3)11-12-25(28)33/h7-12,16-19H,4-6,13-15H2,1-3H3. The van der Waals surface area contributed by atoms with E-state index >= 15 is 0 Å². The van der Waals surface area contributed by atoms with Gasteiger partial charge in [0.2, 0.25) is 0 Å². The first-order valence-corrected chi connectivity index (χ1v) is 15.0. The maximum atomic E-state index is 14.4. The van der Waals surface area contributed by atoms with Crippen LogP contribution >= 0.6 is 34.5 Å². The van der Waals surface area contributed by atoms with Gasteiger partial charge in [0.25, 0.3) is 11.5 Å². The van der Waals surface area contributed by atoms with Crippen LogP contribution in [0.4, 0.5) is 0 Å². The molecule has 3 heterocycles. The number of likely N-dealkylation sites (tertiary alicyclic amines) is 1. The van der Waals surface area contributed by atoms with Crippen LogP contribution in [0.3, 0.4) is 0 Å². The van der Waals surface area contributed by atoms with Crippen LogP contribution in [0.1, 0.15) is 49.2 Å². The number of hydrogen-bond donors (Lipinski definition) is 0. The number of rotatable bonds is 7. The van der Waals surface area contributed by atoms with Gasteiger partial charge >= 0.3 is 0 Å². The Kier molecular flexibility index (Phi) is 8.64. The van der Waals surface area contributed by atoms with Crippen LogP contribution in [-0.2, 0) is 6.42 Å². The Bertz CT molecular complexity index is 1590. The monoisotopic (exact) mass is 595 g/mol. The van der Waals surface area contributed by atoms with E-state index in [-0.39, 0.29) is 17.4 Å². The normalized spacial score (nSPS) is 13.6. The molecule has 6 nitrogen and oxygen atoms in total. The van der Waals surface area contributed by atoms with Crippen molar-refractivity contribution in [3.63, 3.8) is 0 Å². The lowest BCUT2D eigenvalue weighted by molar-refractivity contribution is 0.0722. The van der Waals surface area contributed by atoms with E-state index in [9.17, 15) is 9.59 Å². The molecule has 0 unspecified atom stereocenters. The molecule has 5 rings (SSSR count). The van der Waals surface area contributed by atoms with Crippen molar-refractivity contribution in [3.8, 4) is 33.3 Å². The number of carbonyl (C=O) groups is 1. The second-order valence-corrected chi connectivity index (χ2v) is 12.1. The molecule has 0 aliphatic carbocycles. The molecule has 1 saturated heterocycles. The third-order valence-corrected chi connectivity index (χ3v) is 8.49. The summed E-state index contributed by atoms with van der Waals surface area (Å²) in [5, 5.41) is 3.47. The number of piperidine rings is 1. The molecule has 0 spiro atoms. The number of amides is 1. The number of carbonyl (C=O) groups excluding carboxylic acids is 1. The van der Waals surface area contributed by atoms with Crippen molar-refractivity contribution >= 4 is 40.4 Å². The fourth-order valence-corrected chi connectivity index (χ4v) is 6.21. The van der Waals surface area contributed by atoms with E-state index < -0.39 is 0 Å².